The van der Waals surface area contributed by atoms with E-state index in [1.165, 1.54) is 22.9 Å². The number of anilines is 1. The molecule has 0 fully saturated rings. The number of hydrogen-bond donors (Lipinski definition) is 1. The number of aromatic nitrogens is 2. The van der Waals surface area contributed by atoms with Crippen LogP contribution in [0, 0.1) is 10.1 Å². The van der Waals surface area contributed by atoms with Gasteiger partial charge in [0.1, 0.15) is 0 Å². The SMILES string of the molecule is CCc1cccc(-n2c(N/N=C/c3ccc([N+](=O)[O-])cc3)nc3ccccc3c2=O)c1. The minimum atomic E-state index is -0.457. The number of rotatable bonds is 6. The van der Waals surface area contributed by atoms with Gasteiger partial charge in [-0.2, -0.15) is 5.10 Å². The summed E-state index contributed by atoms with van der Waals surface area (Å²) in [5, 5.41) is 15.5. The summed E-state index contributed by atoms with van der Waals surface area (Å²) in [6.07, 6.45) is 2.35. The van der Waals surface area contributed by atoms with Gasteiger partial charge in [0.05, 0.1) is 27.7 Å². The highest BCUT2D eigenvalue weighted by Crippen LogP contribution is 2.18. The van der Waals surface area contributed by atoms with Crippen molar-refractivity contribution >= 4 is 28.8 Å². The molecule has 0 spiro atoms. The van der Waals surface area contributed by atoms with Crippen LogP contribution in [-0.4, -0.2) is 20.7 Å². The Balaban J connectivity index is 1.75. The van der Waals surface area contributed by atoms with Crippen molar-refractivity contribution in [3.05, 3.63) is 104 Å². The largest absolute Gasteiger partial charge is 0.269 e. The summed E-state index contributed by atoms with van der Waals surface area (Å²) in [6, 6.07) is 20.8. The molecule has 0 atom stereocenters. The molecular formula is C23H19N5O3. The number of nitro groups is 1. The summed E-state index contributed by atoms with van der Waals surface area (Å²) in [7, 11) is 0. The van der Waals surface area contributed by atoms with E-state index < -0.39 is 4.92 Å². The number of nitrogens with one attached hydrogen (secondary N) is 1. The standard InChI is InChI=1S/C23H19N5O3/c1-2-16-6-5-7-19(14-16)27-22(29)20-8-3-4-9-21(20)25-23(27)26-24-15-17-10-12-18(13-11-17)28(30)31/h3-15H,2H2,1H3,(H,25,26)/b24-15+. The Morgan fingerprint density at radius 3 is 2.61 bits per heavy atom. The van der Waals surface area contributed by atoms with Gasteiger partial charge in [0, 0.05) is 12.1 Å². The molecule has 0 aliphatic carbocycles. The van der Waals surface area contributed by atoms with Crippen molar-refractivity contribution in [2.45, 2.75) is 13.3 Å². The van der Waals surface area contributed by atoms with Gasteiger partial charge in [-0.25, -0.2) is 15.0 Å². The highest BCUT2D eigenvalue weighted by atomic mass is 16.6. The first-order valence-corrected chi connectivity index (χ1v) is 9.71. The molecule has 0 saturated carbocycles. The summed E-state index contributed by atoms with van der Waals surface area (Å²) in [5.74, 6) is 0.273. The lowest BCUT2D eigenvalue weighted by Gasteiger charge is -2.13. The first kappa shape index (κ1) is 20.0. The van der Waals surface area contributed by atoms with Gasteiger partial charge in [0.25, 0.3) is 11.2 Å². The Morgan fingerprint density at radius 1 is 1.10 bits per heavy atom. The van der Waals surface area contributed by atoms with Crippen LogP contribution in [0.3, 0.4) is 0 Å². The minimum absolute atomic E-state index is 0.00551. The molecule has 0 saturated heterocycles. The van der Waals surface area contributed by atoms with Crippen molar-refractivity contribution < 1.29 is 4.92 Å². The van der Waals surface area contributed by atoms with Crippen LogP contribution in [0.2, 0.25) is 0 Å². The summed E-state index contributed by atoms with van der Waals surface area (Å²) in [5.41, 5.74) is 5.67. The van der Waals surface area contributed by atoms with Crippen LogP contribution in [0.1, 0.15) is 18.1 Å². The molecule has 0 aliphatic heterocycles. The predicted octanol–water partition coefficient (Wildman–Crippen LogP) is 4.30. The average molecular weight is 413 g/mol. The molecule has 1 aromatic heterocycles. The second-order valence-electron chi connectivity index (χ2n) is 6.84. The summed E-state index contributed by atoms with van der Waals surface area (Å²) < 4.78 is 1.49. The van der Waals surface area contributed by atoms with E-state index in [2.05, 4.69) is 15.5 Å². The fraction of sp³-hybridized carbons (Fsp3) is 0.0870. The maximum absolute atomic E-state index is 13.3. The Bertz CT molecular complexity index is 1340. The van der Waals surface area contributed by atoms with E-state index in [-0.39, 0.29) is 17.2 Å². The van der Waals surface area contributed by atoms with Crippen LogP contribution in [-0.2, 0) is 6.42 Å². The number of aryl methyl sites for hydroxylation is 1. The van der Waals surface area contributed by atoms with E-state index in [9.17, 15) is 14.9 Å². The molecule has 8 heteroatoms. The number of para-hydroxylation sites is 1. The normalized spacial score (nSPS) is 11.1. The third kappa shape index (κ3) is 4.18. The van der Waals surface area contributed by atoms with E-state index in [4.69, 9.17) is 0 Å². The highest BCUT2D eigenvalue weighted by molar-refractivity contribution is 5.81. The van der Waals surface area contributed by atoms with E-state index >= 15 is 0 Å². The zero-order chi connectivity index (χ0) is 21.8. The summed E-state index contributed by atoms with van der Waals surface area (Å²) >= 11 is 0. The first-order valence-electron chi connectivity index (χ1n) is 9.71. The fourth-order valence-electron chi connectivity index (χ4n) is 3.21. The lowest BCUT2D eigenvalue weighted by molar-refractivity contribution is -0.384. The fourth-order valence-corrected chi connectivity index (χ4v) is 3.21. The average Bonchev–Trinajstić information content (AvgIpc) is 2.79. The van der Waals surface area contributed by atoms with Crippen molar-refractivity contribution in [2.24, 2.45) is 5.10 Å². The maximum atomic E-state index is 13.3. The van der Waals surface area contributed by atoms with Crippen molar-refractivity contribution in [2.75, 3.05) is 5.43 Å². The Kier molecular flexibility index (Phi) is 5.53. The van der Waals surface area contributed by atoms with Gasteiger partial charge in [0.2, 0.25) is 5.95 Å². The maximum Gasteiger partial charge on any atom is 0.269 e. The van der Waals surface area contributed by atoms with Crippen LogP contribution in [0.5, 0.6) is 0 Å². The van der Waals surface area contributed by atoms with E-state index in [0.717, 1.165) is 12.0 Å². The molecule has 31 heavy (non-hydrogen) atoms. The Hall–Kier alpha value is -4.33. The molecule has 0 aliphatic rings. The lowest BCUT2D eigenvalue weighted by atomic mass is 10.1. The molecule has 3 aromatic carbocycles. The number of nitro benzene ring substituents is 1. The number of hydrogen-bond acceptors (Lipinski definition) is 6. The van der Waals surface area contributed by atoms with Crippen LogP contribution in [0.15, 0.2) is 82.7 Å². The number of nitrogens with zero attached hydrogens (tertiary/aromatic N) is 4. The minimum Gasteiger partial charge on any atom is -0.268 e. The second kappa shape index (κ2) is 8.58. The molecule has 0 radical (unpaired) electrons. The van der Waals surface area contributed by atoms with E-state index in [1.54, 1.807) is 30.3 Å². The molecule has 4 aromatic rings. The zero-order valence-corrected chi connectivity index (χ0v) is 16.7. The Labute approximate surface area is 177 Å². The zero-order valence-electron chi connectivity index (χ0n) is 16.7. The van der Waals surface area contributed by atoms with Crippen molar-refractivity contribution in [1.29, 1.82) is 0 Å². The van der Waals surface area contributed by atoms with Gasteiger partial charge in [0.15, 0.2) is 0 Å². The summed E-state index contributed by atoms with van der Waals surface area (Å²) in [6.45, 7) is 2.05. The van der Waals surface area contributed by atoms with Crippen molar-refractivity contribution in [3.63, 3.8) is 0 Å². The van der Waals surface area contributed by atoms with Gasteiger partial charge >= 0.3 is 0 Å². The van der Waals surface area contributed by atoms with Gasteiger partial charge < -0.3 is 0 Å². The van der Waals surface area contributed by atoms with Crippen LogP contribution < -0.4 is 11.0 Å². The van der Waals surface area contributed by atoms with E-state index in [1.807, 2.05) is 37.3 Å². The number of benzene rings is 3. The van der Waals surface area contributed by atoms with Crippen molar-refractivity contribution in [1.82, 2.24) is 9.55 Å². The smallest absolute Gasteiger partial charge is 0.268 e. The third-order valence-corrected chi connectivity index (χ3v) is 4.83. The third-order valence-electron chi connectivity index (χ3n) is 4.83. The topological polar surface area (TPSA) is 102 Å². The molecule has 0 amide bonds. The molecule has 8 nitrogen and oxygen atoms in total. The van der Waals surface area contributed by atoms with Gasteiger partial charge in [-0.1, -0.05) is 31.2 Å². The monoisotopic (exact) mass is 413 g/mol. The highest BCUT2D eigenvalue weighted by Gasteiger charge is 2.12. The molecular weight excluding hydrogens is 394 g/mol. The molecule has 0 unspecified atom stereocenters. The van der Waals surface area contributed by atoms with Gasteiger partial charge in [-0.15, -0.1) is 0 Å². The second-order valence-corrected chi connectivity index (χ2v) is 6.84. The Morgan fingerprint density at radius 2 is 1.87 bits per heavy atom. The summed E-state index contributed by atoms with van der Waals surface area (Å²) in [4.78, 5) is 28.2. The van der Waals surface area contributed by atoms with Crippen LogP contribution in [0.4, 0.5) is 11.6 Å². The molecule has 4 rings (SSSR count). The molecule has 1 N–H and O–H groups in total. The van der Waals surface area contributed by atoms with Crippen molar-refractivity contribution in [3.8, 4) is 5.69 Å². The van der Waals surface area contributed by atoms with Gasteiger partial charge in [-0.05, 0) is 53.9 Å². The molecule has 154 valence electrons. The predicted molar refractivity (Wildman–Crippen MR) is 121 cm³/mol. The number of hydrazone groups is 1. The molecule has 1 heterocycles. The lowest BCUT2D eigenvalue weighted by Crippen LogP contribution is -2.22. The number of fused-ring (bicyclic) bond motifs is 1. The molecule has 0 bridgehead atoms. The van der Waals surface area contributed by atoms with Crippen LogP contribution >= 0.6 is 0 Å². The number of non-ortho nitro benzene ring substituents is 1. The quantitative estimate of drug-likeness (QED) is 0.288. The van der Waals surface area contributed by atoms with Crippen LogP contribution in [0.25, 0.3) is 16.6 Å². The van der Waals surface area contributed by atoms with E-state index in [0.29, 0.717) is 22.2 Å². The van der Waals surface area contributed by atoms with Gasteiger partial charge in [-0.3, -0.25) is 14.9 Å². The first-order chi connectivity index (χ1) is 15.1.